The minimum Gasteiger partial charge on any atom is -0.379 e. The number of hydrogen-bond donors (Lipinski definition) is 2. The lowest BCUT2D eigenvalue weighted by molar-refractivity contribution is -0.153. The second-order valence-electron chi connectivity index (χ2n) is 8.26. The van der Waals surface area contributed by atoms with Crippen LogP contribution in [-0.2, 0) is 29.0 Å². The van der Waals surface area contributed by atoms with E-state index in [0.717, 1.165) is 23.3 Å². The lowest BCUT2D eigenvalue weighted by Crippen LogP contribution is -2.51. The van der Waals surface area contributed by atoms with E-state index >= 15 is 0 Å². The number of nitrogens with one attached hydrogen (secondary N) is 1. The van der Waals surface area contributed by atoms with Gasteiger partial charge in [-0.05, 0) is 28.6 Å². The van der Waals surface area contributed by atoms with Crippen molar-refractivity contribution in [2.45, 2.75) is 31.1 Å². The van der Waals surface area contributed by atoms with Gasteiger partial charge < -0.3 is 19.7 Å². The number of fused-ring (bicyclic) bond motifs is 4. The number of H-pyrrole nitrogens is 1. The summed E-state index contributed by atoms with van der Waals surface area (Å²) in [6, 6.07) is 8.65. The van der Waals surface area contributed by atoms with Gasteiger partial charge in [-0.3, -0.25) is 9.59 Å². The van der Waals surface area contributed by atoms with Gasteiger partial charge in [0, 0.05) is 31.1 Å². The van der Waals surface area contributed by atoms with Gasteiger partial charge in [0.1, 0.15) is 0 Å². The molecule has 2 N–H and O–H groups in total. The van der Waals surface area contributed by atoms with Gasteiger partial charge in [0.05, 0.1) is 24.6 Å². The molecule has 2 aromatic carbocycles. The lowest BCUT2D eigenvalue weighted by atomic mass is 9.92. The molecule has 0 bridgehead atoms. The summed E-state index contributed by atoms with van der Waals surface area (Å²) in [7, 11) is 1.54. The largest absolute Gasteiger partial charge is 0.379 e. The van der Waals surface area contributed by atoms with Crippen molar-refractivity contribution < 1.29 is 23.4 Å². The second kappa shape index (κ2) is 6.96. The molecule has 0 spiro atoms. The van der Waals surface area contributed by atoms with Crippen LogP contribution in [0.1, 0.15) is 28.4 Å². The van der Waals surface area contributed by atoms with Crippen LogP contribution in [0.15, 0.2) is 41.2 Å². The highest BCUT2D eigenvalue weighted by molar-refractivity contribution is 5.90. The molecule has 160 valence electrons. The van der Waals surface area contributed by atoms with E-state index in [9.17, 15) is 23.5 Å². The van der Waals surface area contributed by atoms with E-state index in [1.165, 1.54) is 4.90 Å². The minimum atomic E-state index is -1.61. The van der Waals surface area contributed by atoms with Crippen molar-refractivity contribution in [1.29, 1.82) is 0 Å². The number of aliphatic hydroxyl groups is 1. The first-order chi connectivity index (χ1) is 14.8. The normalized spacial score (nSPS) is 19.2. The van der Waals surface area contributed by atoms with Crippen LogP contribution in [0.2, 0.25) is 0 Å². The predicted molar refractivity (Wildman–Crippen MR) is 108 cm³/mol. The van der Waals surface area contributed by atoms with Crippen molar-refractivity contribution in [3.05, 3.63) is 80.8 Å². The van der Waals surface area contributed by atoms with Gasteiger partial charge >= 0.3 is 0 Å². The number of aromatic nitrogens is 1. The lowest BCUT2D eigenvalue weighted by Gasteiger charge is -2.37. The Morgan fingerprint density at radius 2 is 1.77 bits per heavy atom. The van der Waals surface area contributed by atoms with Crippen molar-refractivity contribution in [3.63, 3.8) is 0 Å². The van der Waals surface area contributed by atoms with Crippen LogP contribution in [0.5, 0.6) is 0 Å². The Morgan fingerprint density at radius 1 is 1.16 bits per heavy atom. The zero-order chi connectivity index (χ0) is 21.9. The minimum absolute atomic E-state index is 0.00242. The number of hydrogen-bond acceptors (Lipinski definition) is 4. The molecule has 1 unspecified atom stereocenters. The number of benzene rings is 2. The Labute approximate surface area is 176 Å². The zero-order valence-electron chi connectivity index (χ0n) is 16.7. The highest BCUT2D eigenvalue weighted by atomic mass is 19.2. The molecule has 6 nitrogen and oxygen atoms in total. The summed E-state index contributed by atoms with van der Waals surface area (Å²) in [5.74, 6) is -2.69. The Hall–Kier alpha value is -3.10. The van der Waals surface area contributed by atoms with Crippen LogP contribution in [0.25, 0.3) is 10.8 Å². The summed E-state index contributed by atoms with van der Waals surface area (Å²) < 4.78 is 33.4. The van der Waals surface area contributed by atoms with E-state index < -0.39 is 34.7 Å². The van der Waals surface area contributed by atoms with E-state index in [1.807, 2.05) is 24.3 Å². The predicted octanol–water partition coefficient (Wildman–Crippen LogP) is 2.37. The molecule has 2 heterocycles. The third-order valence-electron chi connectivity index (χ3n) is 6.31. The van der Waals surface area contributed by atoms with Crippen molar-refractivity contribution >= 4 is 16.7 Å². The number of likely N-dealkylation sites (N-methyl/N-ethyl adjacent to an activating group) is 1. The summed E-state index contributed by atoms with van der Waals surface area (Å²) in [5.41, 5.74) is 0.566. The molecular weight excluding hydrogens is 406 g/mol. The van der Waals surface area contributed by atoms with Crippen molar-refractivity contribution in [3.8, 4) is 0 Å². The number of rotatable bonds is 2. The first kappa shape index (κ1) is 19.8. The SMILES string of the molecule is CN(C(=O)C1(O)Cc2ccccc2C1)C1COCc2[nH]c(=O)c3cc(F)c(F)cc3c21. The van der Waals surface area contributed by atoms with Crippen LogP contribution >= 0.6 is 0 Å². The molecule has 5 rings (SSSR count). The van der Waals surface area contributed by atoms with Crippen LogP contribution < -0.4 is 5.56 Å². The van der Waals surface area contributed by atoms with E-state index in [1.54, 1.807) is 7.05 Å². The maximum atomic E-state index is 14.1. The number of carbonyl (C=O) groups excluding carboxylic acids is 1. The Kier molecular flexibility index (Phi) is 4.46. The number of aromatic amines is 1. The summed E-state index contributed by atoms with van der Waals surface area (Å²) in [5, 5.41) is 11.4. The van der Waals surface area contributed by atoms with E-state index in [2.05, 4.69) is 4.98 Å². The average Bonchev–Trinajstić information content (AvgIpc) is 3.11. The Bertz CT molecular complexity index is 1260. The molecule has 8 heteroatoms. The molecule has 1 aromatic heterocycles. The molecule has 1 atom stereocenters. The van der Waals surface area contributed by atoms with E-state index in [0.29, 0.717) is 11.3 Å². The Balaban J connectivity index is 1.57. The number of carbonyl (C=O) groups is 1. The molecule has 0 saturated carbocycles. The van der Waals surface area contributed by atoms with Crippen LogP contribution in [0.3, 0.4) is 0 Å². The summed E-state index contributed by atoms with van der Waals surface area (Å²) in [4.78, 5) is 29.8. The maximum absolute atomic E-state index is 14.1. The summed E-state index contributed by atoms with van der Waals surface area (Å²) in [6.45, 7) is 0.173. The van der Waals surface area contributed by atoms with Gasteiger partial charge in [0.15, 0.2) is 17.2 Å². The van der Waals surface area contributed by atoms with Crippen LogP contribution in [-0.4, -0.2) is 40.2 Å². The number of halogens is 2. The molecule has 1 aliphatic heterocycles. The molecule has 2 aliphatic rings. The molecule has 0 fully saturated rings. The number of nitrogens with zero attached hydrogens (tertiary/aromatic N) is 1. The van der Waals surface area contributed by atoms with Gasteiger partial charge in [-0.25, -0.2) is 8.78 Å². The number of pyridine rings is 1. The molecular formula is C23H20F2N2O4. The standard InChI is InChI=1S/C23H20F2N2O4/c1-27(22(29)23(30)8-12-4-2-3-5-13(12)9-23)19-11-31-10-18-20(19)14-6-16(24)17(25)7-15(14)21(28)26-18/h2-7,19,30H,8-11H2,1H3,(H,26,28). The topological polar surface area (TPSA) is 82.6 Å². The first-order valence-corrected chi connectivity index (χ1v) is 9.96. The fourth-order valence-electron chi connectivity index (χ4n) is 4.76. The number of ether oxygens (including phenoxy) is 1. The molecule has 1 amide bonds. The quantitative estimate of drug-likeness (QED) is 0.659. The second-order valence-corrected chi connectivity index (χ2v) is 8.26. The third kappa shape index (κ3) is 3.05. The molecule has 31 heavy (non-hydrogen) atoms. The molecule has 0 saturated heterocycles. The van der Waals surface area contributed by atoms with Crippen LogP contribution in [0, 0.1) is 11.6 Å². The summed E-state index contributed by atoms with van der Waals surface area (Å²) in [6.07, 6.45) is 0.387. The number of amides is 1. The smallest absolute Gasteiger partial charge is 0.256 e. The average molecular weight is 426 g/mol. The monoisotopic (exact) mass is 426 g/mol. The van der Waals surface area contributed by atoms with Gasteiger partial charge in [0.2, 0.25) is 0 Å². The van der Waals surface area contributed by atoms with Crippen molar-refractivity contribution in [2.75, 3.05) is 13.7 Å². The highest BCUT2D eigenvalue weighted by Gasteiger charge is 2.45. The van der Waals surface area contributed by atoms with Crippen molar-refractivity contribution in [2.24, 2.45) is 0 Å². The highest BCUT2D eigenvalue weighted by Crippen LogP contribution is 2.37. The first-order valence-electron chi connectivity index (χ1n) is 9.96. The molecule has 3 aromatic rings. The van der Waals surface area contributed by atoms with Gasteiger partial charge in [-0.2, -0.15) is 0 Å². The van der Waals surface area contributed by atoms with Crippen molar-refractivity contribution in [1.82, 2.24) is 9.88 Å². The van der Waals surface area contributed by atoms with Gasteiger partial charge in [0.25, 0.3) is 11.5 Å². The van der Waals surface area contributed by atoms with Crippen LogP contribution in [0.4, 0.5) is 8.78 Å². The maximum Gasteiger partial charge on any atom is 0.256 e. The third-order valence-corrected chi connectivity index (χ3v) is 6.31. The molecule has 1 aliphatic carbocycles. The van der Waals surface area contributed by atoms with E-state index in [-0.39, 0.29) is 36.8 Å². The fraction of sp³-hybridized carbons (Fsp3) is 0.304. The fourth-order valence-corrected chi connectivity index (χ4v) is 4.76. The molecule has 0 radical (unpaired) electrons. The van der Waals surface area contributed by atoms with E-state index in [4.69, 9.17) is 4.74 Å². The van der Waals surface area contributed by atoms with Gasteiger partial charge in [-0.15, -0.1) is 0 Å². The zero-order valence-corrected chi connectivity index (χ0v) is 16.7. The van der Waals surface area contributed by atoms with Gasteiger partial charge in [-0.1, -0.05) is 24.3 Å². The Morgan fingerprint density at radius 3 is 2.42 bits per heavy atom. The summed E-state index contributed by atoms with van der Waals surface area (Å²) >= 11 is 0.